The number of fused-ring (bicyclic) bond motifs is 3. The third-order valence-corrected chi connectivity index (χ3v) is 8.43. The summed E-state index contributed by atoms with van der Waals surface area (Å²) >= 11 is 0. The van der Waals surface area contributed by atoms with Crippen LogP contribution in [0.2, 0.25) is 0 Å². The average molecular weight is 624 g/mol. The summed E-state index contributed by atoms with van der Waals surface area (Å²) in [6, 6.07) is 1.000. The molecule has 6 N–H and O–H groups in total. The number of phenols is 2. The van der Waals surface area contributed by atoms with E-state index in [-0.39, 0.29) is 41.2 Å². The lowest BCUT2D eigenvalue weighted by molar-refractivity contribution is -0.142. The molecule has 45 heavy (non-hydrogen) atoms. The van der Waals surface area contributed by atoms with Crippen LogP contribution in [0.25, 0.3) is 0 Å². The number of aliphatic carboxylic acids is 1. The van der Waals surface area contributed by atoms with Crippen molar-refractivity contribution in [3.8, 4) is 17.2 Å². The molecule has 3 atom stereocenters. The molecule has 0 saturated carbocycles. The van der Waals surface area contributed by atoms with Crippen LogP contribution in [0.5, 0.6) is 17.2 Å². The number of carbonyl (C=O) groups is 4. The topological polar surface area (TPSA) is 202 Å². The number of aromatic hydroxyl groups is 2. The second-order valence-corrected chi connectivity index (χ2v) is 12.0. The van der Waals surface area contributed by atoms with Crippen LogP contribution >= 0.6 is 0 Å². The third kappa shape index (κ3) is 6.37. The smallest absolute Gasteiger partial charge is 0.340 e. The van der Waals surface area contributed by atoms with Crippen molar-refractivity contribution in [3.05, 3.63) is 74.9 Å². The zero-order valence-electron chi connectivity index (χ0n) is 25.5. The molecule has 2 heterocycles. The van der Waals surface area contributed by atoms with Gasteiger partial charge in [-0.1, -0.05) is 29.4 Å². The van der Waals surface area contributed by atoms with Gasteiger partial charge in [0.2, 0.25) is 0 Å². The van der Waals surface area contributed by atoms with E-state index in [1.807, 2.05) is 20.8 Å². The molecule has 0 aliphatic carbocycles. The lowest BCUT2D eigenvalue weighted by atomic mass is 9.84. The maximum Gasteiger partial charge on any atom is 0.340 e. The van der Waals surface area contributed by atoms with Gasteiger partial charge in [-0.15, -0.1) is 0 Å². The number of carbonyl (C=O) groups excluding carboxylic acids is 1. The van der Waals surface area contributed by atoms with E-state index in [2.05, 4.69) is 12.2 Å². The number of carboxylic acid groups (broad SMARTS) is 3. The lowest BCUT2D eigenvalue weighted by Crippen LogP contribution is -2.49. The average Bonchev–Trinajstić information content (AvgIpc) is 3.25. The van der Waals surface area contributed by atoms with Crippen molar-refractivity contribution < 1.29 is 54.6 Å². The first-order chi connectivity index (χ1) is 21.1. The number of ether oxygens (including phenoxy) is 1. The molecule has 0 spiro atoms. The summed E-state index contributed by atoms with van der Waals surface area (Å²) in [4.78, 5) is 51.0. The monoisotopic (exact) mass is 623 g/mol. The molecule has 0 radical (unpaired) electrons. The molecule has 0 bridgehead atoms. The van der Waals surface area contributed by atoms with Crippen molar-refractivity contribution in [3.63, 3.8) is 0 Å². The molecule has 4 rings (SSSR count). The van der Waals surface area contributed by atoms with E-state index in [1.54, 1.807) is 6.92 Å². The first kappa shape index (κ1) is 33.1. The minimum Gasteiger partial charge on any atom is -0.508 e. The van der Waals surface area contributed by atoms with Crippen molar-refractivity contribution in [1.29, 1.82) is 0 Å². The number of phenolic OH excluding ortho intramolecular Hbond substituents is 1. The van der Waals surface area contributed by atoms with Crippen LogP contribution in [-0.2, 0) is 17.8 Å². The summed E-state index contributed by atoms with van der Waals surface area (Å²) in [5, 5.41) is 61.5. The molecule has 0 aromatic heterocycles. The molecule has 2 aromatic carbocycles. The normalized spacial score (nSPS) is 19.8. The Labute approximate surface area is 259 Å². The highest BCUT2D eigenvalue weighted by atomic mass is 16.5. The summed E-state index contributed by atoms with van der Waals surface area (Å²) < 4.78 is 6.34. The second kappa shape index (κ2) is 12.6. The highest BCUT2D eigenvalue weighted by molar-refractivity contribution is 6.07. The molecule has 2 aliphatic heterocycles. The first-order valence-electron chi connectivity index (χ1n) is 14.5. The summed E-state index contributed by atoms with van der Waals surface area (Å²) in [6.07, 6.45) is 6.03. The van der Waals surface area contributed by atoms with Crippen molar-refractivity contribution >= 4 is 23.8 Å². The number of amides is 1. The maximum atomic E-state index is 13.6. The van der Waals surface area contributed by atoms with E-state index in [4.69, 9.17) is 4.74 Å². The van der Waals surface area contributed by atoms with Gasteiger partial charge in [-0.05, 0) is 65.5 Å². The fourth-order valence-corrected chi connectivity index (χ4v) is 5.95. The van der Waals surface area contributed by atoms with Crippen molar-refractivity contribution in [2.45, 2.75) is 84.1 Å². The van der Waals surface area contributed by atoms with E-state index in [9.17, 15) is 49.8 Å². The van der Waals surface area contributed by atoms with Crippen LogP contribution < -0.4 is 4.74 Å². The molecule has 12 nitrogen and oxygen atoms in total. The van der Waals surface area contributed by atoms with Gasteiger partial charge in [0.15, 0.2) is 6.04 Å². The minimum absolute atomic E-state index is 0.00780. The van der Waals surface area contributed by atoms with Gasteiger partial charge in [-0.2, -0.15) is 0 Å². The van der Waals surface area contributed by atoms with Crippen molar-refractivity contribution in [2.75, 3.05) is 0 Å². The van der Waals surface area contributed by atoms with Crippen molar-refractivity contribution in [1.82, 2.24) is 4.90 Å². The zero-order valence-corrected chi connectivity index (χ0v) is 25.5. The van der Waals surface area contributed by atoms with Crippen LogP contribution in [0.15, 0.2) is 41.5 Å². The minimum atomic E-state index is -1.97. The van der Waals surface area contributed by atoms with E-state index in [1.165, 1.54) is 11.1 Å². The van der Waals surface area contributed by atoms with Crippen molar-refractivity contribution in [2.24, 2.45) is 0 Å². The number of hydrogen-bond acceptors (Lipinski definition) is 8. The molecular weight excluding hydrogens is 586 g/mol. The Bertz CT molecular complexity index is 1640. The Kier molecular flexibility index (Phi) is 9.29. The summed E-state index contributed by atoms with van der Waals surface area (Å²) in [6.45, 7) is 7.46. The van der Waals surface area contributed by atoms with Gasteiger partial charge in [0, 0.05) is 23.1 Å². The van der Waals surface area contributed by atoms with Gasteiger partial charge >= 0.3 is 17.9 Å². The maximum absolute atomic E-state index is 13.6. The lowest BCUT2D eigenvalue weighted by Gasteiger charge is -2.41. The Morgan fingerprint density at radius 1 is 1.00 bits per heavy atom. The van der Waals surface area contributed by atoms with Crippen LogP contribution in [0.1, 0.15) is 107 Å². The molecule has 12 heteroatoms. The molecular formula is C33H37NO11. The largest absolute Gasteiger partial charge is 0.508 e. The number of allylic oxidation sites excluding steroid dienone is 4. The SMILES string of the molecule is CC(C)=CCC/C(C)=C/CCC1(C)Oc2c(c(O)cc3c2CN(C(C(=O)O)c2ccc(O)c(C(=O)O)c2C(=O)O)C3=O)CC1O. The molecule has 0 fully saturated rings. The predicted molar refractivity (Wildman–Crippen MR) is 161 cm³/mol. The molecule has 1 amide bonds. The molecule has 0 saturated heterocycles. The Morgan fingerprint density at radius 2 is 1.67 bits per heavy atom. The third-order valence-electron chi connectivity index (χ3n) is 8.43. The number of nitrogens with zero attached hydrogens (tertiary/aromatic N) is 1. The Balaban J connectivity index is 1.69. The van der Waals surface area contributed by atoms with E-state index in [0.717, 1.165) is 35.9 Å². The number of carboxylic acids is 3. The predicted octanol–water partition coefficient (Wildman–Crippen LogP) is 4.80. The van der Waals surface area contributed by atoms with Crippen LogP contribution in [0.4, 0.5) is 0 Å². The highest BCUT2D eigenvalue weighted by Crippen LogP contribution is 2.48. The summed E-state index contributed by atoms with van der Waals surface area (Å²) in [5.74, 6) is -7.18. The van der Waals surface area contributed by atoms with Crippen LogP contribution in [0.3, 0.4) is 0 Å². The molecule has 240 valence electrons. The zero-order chi connectivity index (χ0) is 33.4. The fraction of sp³-hybridized carbons (Fsp3) is 0.394. The summed E-state index contributed by atoms with van der Waals surface area (Å²) in [5.41, 5.74) is -0.778. The Morgan fingerprint density at radius 3 is 2.27 bits per heavy atom. The van der Waals surface area contributed by atoms with Crippen LogP contribution in [0, 0.1) is 0 Å². The fourth-order valence-electron chi connectivity index (χ4n) is 5.95. The number of hydrogen-bond donors (Lipinski definition) is 6. The van der Waals surface area contributed by atoms with Gasteiger partial charge in [-0.25, -0.2) is 14.4 Å². The highest BCUT2D eigenvalue weighted by Gasteiger charge is 2.47. The van der Waals surface area contributed by atoms with Gasteiger partial charge in [0.1, 0.15) is 28.4 Å². The number of aliphatic hydroxyl groups is 1. The molecule has 2 aliphatic rings. The van der Waals surface area contributed by atoms with E-state index >= 15 is 0 Å². The van der Waals surface area contributed by atoms with Gasteiger partial charge < -0.3 is 40.3 Å². The molecule has 3 unspecified atom stereocenters. The number of aromatic carboxylic acids is 2. The first-order valence-corrected chi connectivity index (χ1v) is 14.5. The quantitative estimate of drug-likeness (QED) is 0.188. The van der Waals surface area contributed by atoms with E-state index in [0.29, 0.717) is 12.8 Å². The van der Waals surface area contributed by atoms with Gasteiger partial charge in [-0.3, -0.25) is 4.79 Å². The Hall–Kier alpha value is -4.84. The number of benzene rings is 2. The molecule has 2 aromatic rings. The summed E-state index contributed by atoms with van der Waals surface area (Å²) in [7, 11) is 0. The van der Waals surface area contributed by atoms with Gasteiger partial charge in [0.25, 0.3) is 5.91 Å². The number of aliphatic hydroxyl groups excluding tert-OH is 1. The van der Waals surface area contributed by atoms with Crippen LogP contribution in [-0.4, -0.2) is 71.1 Å². The van der Waals surface area contributed by atoms with Gasteiger partial charge in [0.05, 0.1) is 23.8 Å². The number of rotatable bonds is 11. The standard InChI is InChI=1S/C33H37NO11/c1-16(2)7-5-8-17(3)9-6-12-33(4)24(37)14-20-23(36)13-19-21(28(20)45-33)15-34(29(19)38)27(32(43)44)18-10-11-22(35)26(31(41)42)25(18)30(39)40/h7,9-11,13,24,27,35-37H,5-6,8,12,14-15H2,1-4H3,(H,39,40)(H,41,42)(H,43,44)/b17-9+. The second-order valence-electron chi connectivity index (χ2n) is 12.0. The van der Waals surface area contributed by atoms with E-state index < -0.39 is 64.0 Å².